The van der Waals surface area contributed by atoms with Crippen LogP contribution < -0.4 is 10.1 Å². The highest BCUT2D eigenvalue weighted by Gasteiger charge is 2.44. The van der Waals surface area contributed by atoms with Gasteiger partial charge in [-0.1, -0.05) is 53.6 Å². The monoisotopic (exact) mass is 387 g/mol. The summed E-state index contributed by atoms with van der Waals surface area (Å²) in [7, 11) is 1.63. The molecule has 1 aliphatic heterocycles. The van der Waals surface area contributed by atoms with Crippen LogP contribution in [0.2, 0.25) is 10.0 Å². The minimum absolute atomic E-state index is 0.0866. The fourth-order valence-electron chi connectivity index (χ4n) is 4.21. The average Bonchev–Trinajstić information content (AvgIpc) is 3.03. The SMILES string of the molecule is COc1ccc([C@@H]2C=C[C@@H]3C(=O)NC[C@H]3[C@H]2c2ccc(Cl)cc2)c(Cl)c1. The van der Waals surface area contributed by atoms with E-state index in [9.17, 15) is 4.79 Å². The third kappa shape index (κ3) is 3.00. The number of ether oxygens (including phenoxy) is 1. The van der Waals surface area contributed by atoms with E-state index in [-0.39, 0.29) is 29.6 Å². The first-order valence-corrected chi connectivity index (χ1v) is 9.39. The van der Waals surface area contributed by atoms with E-state index < -0.39 is 0 Å². The third-order valence-corrected chi connectivity index (χ3v) is 6.05. The van der Waals surface area contributed by atoms with Gasteiger partial charge in [-0.25, -0.2) is 0 Å². The molecule has 4 atom stereocenters. The van der Waals surface area contributed by atoms with Crippen LogP contribution >= 0.6 is 23.2 Å². The number of carbonyl (C=O) groups excluding carboxylic acids is 1. The molecule has 1 N–H and O–H groups in total. The molecule has 0 unspecified atom stereocenters. The Hall–Kier alpha value is -1.97. The molecule has 5 heteroatoms. The first-order valence-electron chi connectivity index (χ1n) is 8.63. The van der Waals surface area contributed by atoms with Gasteiger partial charge in [0.15, 0.2) is 0 Å². The largest absolute Gasteiger partial charge is 0.497 e. The molecule has 4 rings (SSSR count). The van der Waals surface area contributed by atoms with E-state index in [1.165, 1.54) is 5.56 Å². The predicted molar refractivity (Wildman–Crippen MR) is 104 cm³/mol. The number of methoxy groups -OCH3 is 1. The van der Waals surface area contributed by atoms with Crippen LogP contribution in [0.15, 0.2) is 54.6 Å². The number of halogens is 2. The molecule has 3 nitrogen and oxygen atoms in total. The molecule has 0 spiro atoms. The molecule has 0 aromatic heterocycles. The lowest BCUT2D eigenvalue weighted by atomic mass is 9.67. The van der Waals surface area contributed by atoms with Crippen molar-refractivity contribution in [3.8, 4) is 5.75 Å². The number of allylic oxidation sites excluding steroid dienone is 1. The molecule has 1 fully saturated rings. The Kier molecular flexibility index (Phi) is 4.68. The summed E-state index contributed by atoms with van der Waals surface area (Å²) in [6, 6.07) is 13.7. The molecular weight excluding hydrogens is 369 g/mol. The van der Waals surface area contributed by atoms with Crippen molar-refractivity contribution in [1.82, 2.24) is 5.32 Å². The predicted octanol–water partition coefficient (Wildman–Crippen LogP) is 4.80. The third-order valence-electron chi connectivity index (χ3n) is 5.47. The van der Waals surface area contributed by atoms with Gasteiger partial charge in [0.2, 0.25) is 5.91 Å². The zero-order valence-corrected chi connectivity index (χ0v) is 15.8. The molecule has 2 aromatic carbocycles. The highest BCUT2D eigenvalue weighted by molar-refractivity contribution is 6.31. The van der Waals surface area contributed by atoms with Crippen LogP contribution in [0.3, 0.4) is 0 Å². The molecule has 2 aromatic rings. The van der Waals surface area contributed by atoms with Crippen LogP contribution in [0.25, 0.3) is 0 Å². The first-order chi connectivity index (χ1) is 12.6. The van der Waals surface area contributed by atoms with Crippen molar-refractivity contribution in [2.75, 3.05) is 13.7 Å². The number of hydrogen-bond donors (Lipinski definition) is 1. The summed E-state index contributed by atoms with van der Waals surface area (Å²) < 4.78 is 5.27. The lowest BCUT2D eigenvalue weighted by Crippen LogP contribution is -2.29. The van der Waals surface area contributed by atoms with E-state index in [1.54, 1.807) is 7.11 Å². The molecule has 1 saturated heterocycles. The van der Waals surface area contributed by atoms with E-state index >= 15 is 0 Å². The Morgan fingerprint density at radius 3 is 2.46 bits per heavy atom. The molecule has 1 heterocycles. The van der Waals surface area contributed by atoms with Crippen LogP contribution in [-0.2, 0) is 4.79 Å². The maximum Gasteiger partial charge on any atom is 0.227 e. The first kappa shape index (κ1) is 17.4. The molecule has 26 heavy (non-hydrogen) atoms. The summed E-state index contributed by atoms with van der Waals surface area (Å²) in [5, 5.41) is 4.39. The average molecular weight is 388 g/mol. The maximum absolute atomic E-state index is 12.2. The van der Waals surface area contributed by atoms with E-state index in [0.29, 0.717) is 16.6 Å². The molecule has 0 radical (unpaired) electrons. The van der Waals surface area contributed by atoms with E-state index in [1.807, 2.05) is 36.4 Å². The molecule has 1 amide bonds. The Bertz CT molecular complexity index is 863. The van der Waals surface area contributed by atoms with Crippen molar-refractivity contribution in [1.29, 1.82) is 0 Å². The van der Waals surface area contributed by atoms with Crippen LogP contribution in [-0.4, -0.2) is 19.6 Å². The fraction of sp³-hybridized carbons (Fsp3) is 0.286. The van der Waals surface area contributed by atoms with E-state index in [2.05, 4.69) is 23.5 Å². The standard InChI is InChI=1S/C21H19Cl2NO2/c1-26-14-6-7-15(19(23)10-14)16-8-9-17-18(11-24-21(17)25)20(16)12-2-4-13(22)5-3-12/h2-10,16-18,20H,11H2,1H3,(H,24,25)/t16-,17-,18+,20-/m0/s1. The number of amides is 1. The summed E-state index contributed by atoms with van der Waals surface area (Å²) in [5.74, 6) is 1.16. The summed E-state index contributed by atoms with van der Waals surface area (Å²) in [6.45, 7) is 0.672. The van der Waals surface area contributed by atoms with Gasteiger partial charge in [0, 0.05) is 22.5 Å². The molecular formula is C21H19Cl2NO2. The van der Waals surface area contributed by atoms with Gasteiger partial charge in [-0.2, -0.15) is 0 Å². The lowest BCUT2D eigenvalue weighted by Gasteiger charge is -2.36. The molecule has 134 valence electrons. The number of nitrogens with one attached hydrogen (secondary N) is 1. The summed E-state index contributed by atoms with van der Waals surface area (Å²) in [5.41, 5.74) is 2.21. The Labute approximate surface area is 163 Å². The minimum Gasteiger partial charge on any atom is -0.497 e. The van der Waals surface area contributed by atoms with Crippen LogP contribution in [0.5, 0.6) is 5.75 Å². The fourth-order valence-corrected chi connectivity index (χ4v) is 4.63. The van der Waals surface area contributed by atoms with Gasteiger partial charge in [-0.15, -0.1) is 0 Å². The summed E-state index contributed by atoms with van der Waals surface area (Å²) in [6.07, 6.45) is 4.16. The summed E-state index contributed by atoms with van der Waals surface area (Å²) >= 11 is 12.7. The topological polar surface area (TPSA) is 38.3 Å². The van der Waals surface area contributed by atoms with Gasteiger partial charge in [0.05, 0.1) is 13.0 Å². The number of rotatable bonds is 3. The Balaban J connectivity index is 1.81. The van der Waals surface area contributed by atoms with Crippen molar-refractivity contribution >= 4 is 29.1 Å². The van der Waals surface area contributed by atoms with Gasteiger partial charge in [-0.05, 0) is 47.2 Å². The molecule has 1 aliphatic carbocycles. The van der Waals surface area contributed by atoms with Crippen LogP contribution in [0.1, 0.15) is 23.0 Å². The highest BCUT2D eigenvalue weighted by atomic mass is 35.5. The highest BCUT2D eigenvalue weighted by Crippen LogP contribution is 2.49. The Morgan fingerprint density at radius 1 is 1.04 bits per heavy atom. The van der Waals surface area contributed by atoms with Crippen molar-refractivity contribution in [3.63, 3.8) is 0 Å². The van der Waals surface area contributed by atoms with Crippen molar-refractivity contribution in [2.45, 2.75) is 11.8 Å². The Morgan fingerprint density at radius 2 is 1.77 bits per heavy atom. The quantitative estimate of drug-likeness (QED) is 0.767. The number of carbonyl (C=O) groups is 1. The second kappa shape index (κ2) is 6.98. The normalized spacial score (nSPS) is 27.1. The van der Waals surface area contributed by atoms with Crippen molar-refractivity contribution in [3.05, 3.63) is 75.8 Å². The lowest BCUT2D eigenvalue weighted by molar-refractivity contribution is -0.121. The zero-order valence-electron chi connectivity index (χ0n) is 14.3. The van der Waals surface area contributed by atoms with Gasteiger partial charge in [0.25, 0.3) is 0 Å². The van der Waals surface area contributed by atoms with Crippen molar-refractivity contribution in [2.24, 2.45) is 11.8 Å². The van der Waals surface area contributed by atoms with Gasteiger partial charge in [-0.3, -0.25) is 4.79 Å². The van der Waals surface area contributed by atoms with E-state index in [0.717, 1.165) is 11.3 Å². The molecule has 0 bridgehead atoms. The number of benzene rings is 2. The van der Waals surface area contributed by atoms with Crippen molar-refractivity contribution < 1.29 is 9.53 Å². The smallest absolute Gasteiger partial charge is 0.227 e. The summed E-state index contributed by atoms with van der Waals surface area (Å²) in [4.78, 5) is 12.2. The maximum atomic E-state index is 12.2. The van der Waals surface area contributed by atoms with Crippen LogP contribution in [0, 0.1) is 11.8 Å². The minimum atomic E-state index is -0.0936. The van der Waals surface area contributed by atoms with Gasteiger partial charge < -0.3 is 10.1 Å². The number of hydrogen-bond acceptors (Lipinski definition) is 2. The van der Waals surface area contributed by atoms with Crippen LogP contribution in [0.4, 0.5) is 0 Å². The molecule has 2 aliphatic rings. The second-order valence-corrected chi connectivity index (χ2v) is 7.65. The number of fused-ring (bicyclic) bond motifs is 1. The molecule has 0 saturated carbocycles. The zero-order chi connectivity index (χ0) is 18.3. The second-order valence-electron chi connectivity index (χ2n) is 6.81. The van der Waals surface area contributed by atoms with Gasteiger partial charge in [0.1, 0.15) is 5.75 Å². The van der Waals surface area contributed by atoms with Gasteiger partial charge >= 0.3 is 0 Å². The van der Waals surface area contributed by atoms with E-state index in [4.69, 9.17) is 27.9 Å².